The molecule has 10 heavy (non-hydrogen) atoms. The fourth-order valence-corrected chi connectivity index (χ4v) is 4.08. The Kier molecular flexibility index (Phi) is 0.508. The molecule has 0 saturated heterocycles. The molecule has 0 unspecified atom stereocenters. The van der Waals surface area contributed by atoms with E-state index < -0.39 is 0 Å². The zero-order chi connectivity index (χ0) is 6.29. The van der Waals surface area contributed by atoms with Gasteiger partial charge in [0.15, 0.2) is 0 Å². The molecular weight excluding hydrogens is 120 g/mol. The third-order valence-electron chi connectivity index (χ3n) is 4.46. The molecule has 0 radical (unpaired) electrons. The summed E-state index contributed by atoms with van der Waals surface area (Å²) in [4.78, 5) is 0. The Balaban J connectivity index is 1.87. The van der Waals surface area contributed by atoms with E-state index in [1.807, 2.05) is 0 Å². The third kappa shape index (κ3) is 0.291. The van der Waals surface area contributed by atoms with Crippen molar-refractivity contribution in [1.82, 2.24) is 0 Å². The molecule has 0 nitrogen and oxygen atoms in total. The highest BCUT2D eigenvalue weighted by molar-refractivity contribution is 5.26. The summed E-state index contributed by atoms with van der Waals surface area (Å²) in [6.45, 7) is 0. The van der Waals surface area contributed by atoms with Crippen LogP contribution in [-0.2, 0) is 0 Å². The Morgan fingerprint density at radius 1 is 0.800 bits per heavy atom. The summed E-state index contributed by atoms with van der Waals surface area (Å²) in [5.41, 5.74) is 0. The molecule has 3 fully saturated rings. The molecule has 0 aromatic heterocycles. The third-order valence-corrected chi connectivity index (χ3v) is 4.46. The van der Waals surface area contributed by atoms with Crippen molar-refractivity contribution < 1.29 is 0 Å². The minimum absolute atomic E-state index is 1.04. The van der Waals surface area contributed by atoms with Crippen LogP contribution in [-0.4, -0.2) is 0 Å². The lowest BCUT2D eigenvalue weighted by molar-refractivity contribution is 0.140. The second-order valence-corrected chi connectivity index (χ2v) is 4.67. The summed E-state index contributed by atoms with van der Waals surface area (Å²) in [6.07, 6.45) is 8.13. The van der Waals surface area contributed by atoms with Crippen LogP contribution < -0.4 is 0 Å². The molecule has 0 spiro atoms. The summed E-state index contributed by atoms with van der Waals surface area (Å²) in [5.74, 6) is 6.87. The molecule has 6 atom stereocenters. The largest absolute Gasteiger partial charge is 0.0848 e. The fraction of sp³-hybridized carbons (Fsp3) is 0.800. The van der Waals surface area contributed by atoms with Crippen LogP contribution in [0, 0.1) is 35.5 Å². The lowest BCUT2D eigenvalue weighted by Gasteiger charge is -2.36. The molecule has 0 aromatic carbocycles. The molecule has 2 bridgehead atoms. The van der Waals surface area contributed by atoms with Gasteiger partial charge in [0.25, 0.3) is 0 Å². The number of hydrogen-bond acceptors (Lipinski definition) is 0. The Bertz CT molecular complexity index is 206. The van der Waals surface area contributed by atoms with Crippen molar-refractivity contribution >= 4 is 0 Å². The maximum absolute atomic E-state index is 2.50. The number of allylic oxidation sites excluding steroid dienone is 2. The van der Waals surface area contributed by atoms with E-state index in [2.05, 4.69) is 12.2 Å². The molecule has 0 heterocycles. The van der Waals surface area contributed by atoms with Gasteiger partial charge >= 0.3 is 0 Å². The summed E-state index contributed by atoms with van der Waals surface area (Å²) in [7, 11) is 0. The van der Waals surface area contributed by atoms with Crippen molar-refractivity contribution in [2.75, 3.05) is 0 Å². The van der Waals surface area contributed by atoms with Crippen LogP contribution in [0.15, 0.2) is 12.2 Å². The van der Waals surface area contributed by atoms with E-state index in [0.717, 1.165) is 11.8 Å². The lowest BCUT2D eigenvalue weighted by atomic mass is 9.68. The molecule has 0 aromatic rings. The fourth-order valence-electron chi connectivity index (χ4n) is 4.08. The zero-order valence-electron chi connectivity index (χ0n) is 6.03. The first-order valence-electron chi connectivity index (χ1n) is 4.63. The summed E-state index contributed by atoms with van der Waals surface area (Å²) in [5, 5.41) is 0. The predicted molar refractivity (Wildman–Crippen MR) is 39.3 cm³/mol. The van der Waals surface area contributed by atoms with Gasteiger partial charge in [0.1, 0.15) is 0 Å². The molecule has 4 aliphatic carbocycles. The van der Waals surface area contributed by atoms with Crippen molar-refractivity contribution in [2.24, 2.45) is 35.5 Å². The van der Waals surface area contributed by atoms with Gasteiger partial charge in [-0.15, -0.1) is 0 Å². The van der Waals surface area contributed by atoms with Gasteiger partial charge in [-0.1, -0.05) is 12.2 Å². The molecule has 0 N–H and O–H groups in total. The standard InChI is InChI=1S/C10H12/c1-2-6-3-5(1)9-7-4-8(7)10(6)9/h1-2,5-10H,3-4H2/t5-,6+,7+,8-,9-,10+. The smallest absolute Gasteiger partial charge is 0.0194 e. The normalized spacial score (nSPS) is 72.8. The summed E-state index contributed by atoms with van der Waals surface area (Å²) >= 11 is 0. The molecule has 4 aliphatic rings. The van der Waals surface area contributed by atoms with Crippen LogP contribution in [0.4, 0.5) is 0 Å². The van der Waals surface area contributed by atoms with Gasteiger partial charge in [-0.3, -0.25) is 0 Å². The van der Waals surface area contributed by atoms with E-state index in [-0.39, 0.29) is 0 Å². The zero-order valence-corrected chi connectivity index (χ0v) is 6.03. The first-order chi connectivity index (χ1) is 4.95. The van der Waals surface area contributed by atoms with Crippen LogP contribution in [0.2, 0.25) is 0 Å². The van der Waals surface area contributed by atoms with E-state index in [0.29, 0.717) is 0 Å². The van der Waals surface area contributed by atoms with E-state index >= 15 is 0 Å². The van der Waals surface area contributed by atoms with Crippen molar-refractivity contribution in [3.05, 3.63) is 12.2 Å². The molecule has 3 saturated carbocycles. The van der Waals surface area contributed by atoms with Gasteiger partial charge in [-0.05, 0) is 48.3 Å². The molecule has 0 aliphatic heterocycles. The topological polar surface area (TPSA) is 0 Å². The molecular formula is C10H12. The van der Waals surface area contributed by atoms with Gasteiger partial charge in [0.2, 0.25) is 0 Å². The minimum atomic E-state index is 1.04. The van der Waals surface area contributed by atoms with E-state index in [9.17, 15) is 0 Å². The average molecular weight is 132 g/mol. The lowest BCUT2D eigenvalue weighted by Crippen LogP contribution is -2.32. The maximum atomic E-state index is 2.50. The first-order valence-corrected chi connectivity index (χ1v) is 4.63. The van der Waals surface area contributed by atoms with Gasteiger partial charge in [0, 0.05) is 0 Å². The van der Waals surface area contributed by atoms with Crippen LogP contribution >= 0.6 is 0 Å². The summed E-state index contributed by atoms with van der Waals surface area (Å²) in [6, 6.07) is 0. The predicted octanol–water partition coefficient (Wildman–Crippen LogP) is 2.07. The van der Waals surface area contributed by atoms with E-state index in [1.165, 1.54) is 30.1 Å². The number of hydrogen-bond donors (Lipinski definition) is 0. The minimum Gasteiger partial charge on any atom is -0.0848 e. The number of rotatable bonds is 0. The van der Waals surface area contributed by atoms with Crippen molar-refractivity contribution in [1.29, 1.82) is 0 Å². The highest BCUT2D eigenvalue weighted by atomic mass is 14.7. The molecule has 52 valence electrons. The highest BCUT2D eigenvalue weighted by Crippen LogP contribution is 2.74. The quantitative estimate of drug-likeness (QED) is 0.443. The van der Waals surface area contributed by atoms with Crippen molar-refractivity contribution in [3.8, 4) is 0 Å². The van der Waals surface area contributed by atoms with Gasteiger partial charge in [-0.25, -0.2) is 0 Å². The summed E-state index contributed by atoms with van der Waals surface area (Å²) < 4.78 is 0. The van der Waals surface area contributed by atoms with Gasteiger partial charge < -0.3 is 0 Å². The molecule has 4 rings (SSSR count). The Morgan fingerprint density at radius 3 is 2.00 bits per heavy atom. The van der Waals surface area contributed by atoms with E-state index in [1.54, 1.807) is 6.42 Å². The maximum Gasteiger partial charge on any atom is -0.0194 e. The Morgan fingerprint density at radius 2 is 1.40 bits per heavy atom. The van der Waals surface area contributed by atoms with Crippen LogP contribution in [0.25, 0.3) is 0 Å². The van der Waals surface area contributed by atoms with Gasteiger partial charge in [-0.2, -0.15) is 0 Å². The van der Waals surface area contributed by atoms with Gasteiger partial charge in [0.05, 0.1) is 0 Å². The SMILES string of the molecule is C1=C[C@H]2C[C@@H]1[C@@H]1[C@H]3C[C@H]3[C@@H]12. The molecule has 0 heteroatoms. The van der Waals surface area contributed by atoms with Crippen molar-refractivity contribution in [2.45, 2.75) is 12.8 Å². The second-order valence-electron chi connectivity index (χ2n) is 4.67. The molecule has 0 amide bonds. The van der Waals surface area contributed by atoms with E-state index in [4.69, 9.17) is 0 Å². The van der Waals surface area contributed by atoms with Crippen LogP contribution in [0.1, 0.15) is 12.8 Å². The van der Waals surface area contributed by atoms with Crippen LogP contribution in [0.5, 0.6) is 0 Å². The highest BCUT2D eigenvalue weighted by Gasteiger charge is 2.68. The monoisotopic (exact) mass is 132 g/mol. The first kappa shape index (κ1) is 4.58. The number of fused-ring (bicyclic) bond motifs is 8. The van der Waals surface area contributed by atoms with Crippen molar-refractivity contribution in [3.63, 3.8) is 0 Å². The second kappa shape index (κ2) is 1.11. The van der Waals surface area contributed by atoms with Crippen LogP contribution in [0.3, 0.4) is 0 Å². The average Bonchev–Trinajstić information content (AvgIpc) is 2.38. The Labute approximate surface area is 61.3 Å². The Hall–Kier alpha value is -0.260.